The second-order valence-corrected chi connectivity index (χ2v) is 8.46. The molecule has 0 spiro atoms. The van der Waals surface area contributed by atoms with Gasteiger partial charge in [0.05, 0.1) is 25.2 Å². The highest BCUT2D eigenvalue weighted by Gasteiger charge is 2.44. The van der Waals surface area contributed by atoms with Crippen molar-refractivity contribution in [3.8, 4) is 0 Å². The number of aromatic nitrogens is 1. The second kappa shape index (κ2) is 14.3. The summed E-state index contributed by atoms with van der Waals surface area (Å²) in [6, 6.07) is 0. The average molecular weight is 553 g/mol. The van der Waals surface area contributed by atoms with E-state index in [0.717, 1.165) is 37.7 Å². The van der Waals surface area contributed by atoms with E-state index in [9.17, 15) is 31.1 Å². The van der Waals surface area contributed by atoms with Crippen LogP contribution in [0.4, 0.5) is 26.3 Å². The number of rotatable bonds is 6. The van der Waals surface area contributed by atoms with Gasteiger partial charge in [0, 0.05) is 50.8 Å². The summed E-state index contributed by atoms with van der Waals surface area (Å²) in [6.07, 6.45) is -7.18. The van der Waals surface area contributed by atoms with Crippen molar-refractivity contribution < 1.29 is 60.4 Å². The minimum atomic E-state index is -5.08. The smallest absolute Gasteiger partial charge is 0.475 e. The molecule has 206 valence electrons. The van der Waals surface area contributed by atoms with Crippen molar-refractivity contribution in [1.29, 1.82) is 0 Å². The monoisotopic (exact) mass is 553 g/mol. The SMILES string of the molecule is COCCNC(=O)[C@H]1CN(Cc2nccs2)C[C@H]2OCC[C@@H]12.O=C(O)C(F)(F)F.O=C(O)C(F)(F)F. The lowest BCUT2D eigenvalue weighted by atomic mass is 9.82. The van der Waals surface area contributed by atoms with Gasteiger partial charge in [0.15, 0.2) is 0 Å². The maximum Gasteiger partial charge on any atom is 0.490 e. The normalized spacial score (nSPS) is 21.8. The molecular weight excluding hydrogens is 528 g/mol. The largest absolute Gasteiger partial charge is 0.490 e. The summed E-state index contributed by atoms with van der Waals surface area (Å²) in [4.78, 5) is 36.9. The molecule has 3 rings (SSSR count). The first-order valence-electron chi connectivity index (χ1n) is 10.3. The number of methoxy groups -OCH3 is 1. The highest BCUT2D eigenvalue weighted by molar-refractivity contribution is 7.09. The quantitative estimate of drug-likeness (QED) is 0.357. The van der Waals surface area contributed by atoms with Crippen LogP contribution in [-0.2, 0) is 30.4 Å². The van der Waals surface area contributed by atoms with Gasteiger partial charge in [-0.3, -0.25) is 9.69 Å². The molecule has 0 saturated carbocycles. The van der Waals surface area contributed by atoms with Gasteiger partial charge < -0.3 is 25.0 Å². The van der Waals surface area contributed by atoms with E-state index in [-0.39, 0.29) is 17.9 Å². The Morgan fingerprint density at radius 3 is 2.22 bits per heavy atom. The summed E-state index contributed by atoms with van der Waals surface area (Å²) >= 11 is 1.66. The van der Waals surface area contributed by atoms with E-state index in [4.69, 9.17) is 29.3 Å². The number of likely N-dealkylation sites (tertiary alicyclic amines) is 1. The highest BCUT2D eigenvalue weighted by atomic mass is 32.1. The number of alkyl halides is 6. The molecule has 2 fully saturated rings. The Hall–Kier alpha value is -2.50. The molecule has 17 heteroatoms. The Bertz CT molecular complexity index is 814. The number of carbonyl (C=O) groups is 3. The zero-order valence-electron chi connectivity index (χ0n) is 18.8. The van der Waals surface area contributed by atoms with Gasteiger partial charge in [0.25, 0.3) is 0 Å². The summed E-state index contributed by atoms with van der Waals surface area (Å²) < 4.78 is 74.3. The maximum atomic E-state index is 12.5. The van der Waals surface area contributed by atoms with Crippen LogP contribution in [0.15, 0.2) is 11.6 Å². The fourth-order valence-corrected chi connectivity index (χ4v) is 4.05. The molecule has 0 bridgehead atoms. The molecular formula is C19H25F6N3O7S. The molecule has 0 radical (unpaired) electrons. The number of fused-ring (bicyclic) bond motifs is 1. The number of nitrogens with one attached hydrogen (secondary N) is 1. The van der Waals surface area contributed by atoms with Crippen LogP contribution in [0.2, 0.25) is 0 Å². The zero-order valence-corrected chi connectivity index (χ0v) is 19.7. The van der Waals surface area contributed by atoms with Crippen LogP contribution in [-0.4, -0.2) is 96.4 Å². The Kier molecular flexibility index (Phi) is 12.5. The van der Waals surface area contributed by atoms with Crippen molar-refractivity contribution in [3.05, 3.63) is 16.6 Å². The van der Waals surface area contributed by atoms with E-state index in [1.54, 1.807) is 18.4 Å². The minimum absolute atomic E-state index is 0.00179. The maximum absolute atomic E-state index is 12.5. The van der Waals surface area contributed by atoms with Crippen molar-refractivity contribution >= 4 is 29.2 Å². The summed E-state index contributed by atoms with van der Waals surface area (Å²) in [7, 11) is 1.64. The topological polar surface area (TPSA) is 138 Å². The number of hydrogen-bond acceptors (Lipinski definition) is 8. The van der Waals surface area contributed by atoms with Gasteiger partial charge >= 0.3 is 24.3 Å². The van der Waals surface area contributed by atoms with E-state index < -0.39 is 24.3 Å². The lowest BCUT2D eigenvalue weighted by Gasteiger charge is -2.38. The van der Waals surface area contributed by atoms with Crippen molar-refractivity contribution in [1.82, 2.24) is 15.2 Å². The lowest BCUT2D eigenvalue weighted by molar-refractivity contribution is -0.193. The van der Waals surface area contributed by atoms with Crippen LogP contribution < -0.4 is 5.32 Å². The van der Waals surface area contributed by atoms with Gasteiger partial charge in [0.1, 0.15) is 5.01 Å². The number of halogens is 6. The molecule has 3 heterocycles. The fraction of sp³-hybridized carbons (Fsp3) is 0.684. The molecule has 10 nitrogen and oxygen atoms in total. The third-order valence-electron chi connectivity index (χ3n) is 4.94. The highest BCUT2D eigenvalue weighted by Crippen LogP contribution is 2.34. The van der Waals surface area contributed by atoms with Gasteiger partial charge in [-0.15, -0.1) is 11.3 Å². The van der Waals surface area contributed by atoms with Crippen molar-refractivity contribution in [3.63, 3.8) is 0 Å². The first-order valence-corrected chi connectivity index (χ1v) is 11.1. The molecule has 36 heavy (non-hydrogen) atoms. The van der Waals surface area contributed by atoms with E-state index in [0.29, 0.717) is 19.1 Å². The first kappa shape index (κ1) is 31.5. The zero-order chi connectivity index (χ0) is 27.5. The predicted molar refractivity (Wildman–Crippen MR) is 111 cm³/mol. The number of ether oxygens (including phenoxy) is 2. The number of thiazole rings is 1. The van der Waals surface area contributed by atoms with Crippen LogP contribution >= 0.6 is 11.3 Å². The van der Waals surface area contributed by atoms with Crippen molar-refractivity contribution in [2.24, 2.45) is 11.8 Å². The summed E-state index contributed by atoms with van der Waals surface area (Å²) in [5.41, 5.74) is 0. The molecule has 0 aliphatic carbocycles. The van der Waals surface area contributed by atoms with Crippen LogP contribution in [0.25, 0.3) is 0 Å². The van der Waals surface area contributed by atoms with E-state index in [2.05, 4.69) is 15.2 Å². The van der Waals surface area contributed by atoms with E-state index in [1.165, 1.54) is 0 Å². The third-order valence-corrected chi connectivity index (χ3v) is 5.70. The van der Waals surface area contributed by atoms with Gasteiger partial charge in [-0.05, 0) is 6.42 Å². The number of carboxylic acid groups (broad SMARTS) is 2. The fourth-order valence-electron chi connectivity index (χ4n) is 3.39. The van der Waals surface area contributed by atoms with E-state index in [1.807, 2.05) is 11.6 Å². The summed E-state index contributed by atoms with van der Waals surface area (Å²) in [5.74, 6) is -5.05. The number of piperidine rings is 1. The predicted octanol–water partition coefficient (Wildman–Crippen LogP) is 2.01. The molecule has 1 amide bonds. The van der Waals surface area contributed by atoms with Crippen LogP contribution in [0.3, 0.4) is 0 Å². The number of amides is 1. The van der Waals surface area contributed by atoms with Crippen LogP contribution in [0, 0.1) is 11.8 Å². The van der Waals surface area contributed by atoms with Gasteiger partial charge in [-0.2, -0.15) is 26.3 Å². The number of hydrogen-bond donors (Lipinski definition) is 3. The lowest BCUT2D eigenvalue weighted by Crippen LogP contribution is -2.52. The van der Waals surface area contributed by atoms with Gasteiger partial charge in [-0.25, -0.2) is 14.6 Å². The number of aliphatic carboxylic acids is 2. The van der Waals surface area contributed by atoms with E-state index >= 15 is 0 Å². The Morgan fingerprint density at radius 2 is 1.75 bits per heavy atom. The Balaban J connectivity index is 0.000000383. The van der Waals surface area contributed by atoms with Gasteiger partial charge in [-0.1, -0.05) is 0 Å². The average Bonchev–Trinajstić information content (AvgIpc) is 3.44. The third kappa shape index (κ3) is 11.0. The Labute approximate surface area is 205 Å². The van der Waals surface area contributed by atoms with Crippen molar-refractivity contribution in [2.75, 3.05) is 40.0 Å². The molecule has 0 unspecified atom stereocenters. The van der Waals surface area contributed by atoms with Gasteiger partial charge in [0.2, 0.25) is 5.91 Å². The number of carboxylic acids is 2. The second-order valence-electron chi connectivity index (χ2n) is 7.48. The molecule has 3 N–H and O–H groups in total. The molecule has 3 atom stereocenters. The molecule has 0 aromatic carbocycles. The molecule has 2 aliphatic heterocycles. The molecule has 2 saturated heterocycles. The molecule has 2 aliphatic rings. The first-order chi connectivity index (χ1) is 16.7. The van der Waals surface area contributed by atoms with Crippen molar-refractivity contribution in [2.45, 2.75) is 31.4 Å². The van der Waals surface area contributed by atoms with Crippen LogP contribution in [0.1, 0.15) is 11.4 Å². The summed E-state index contributed by atoms with van der Waals surface area (Å²) in [5, 5.41) is 20.3. The standard InChI is InChI=1S/C15H23N3O3S.2C2HF3O2/c1-20-6-3-17-15(19)12-8-18(10-14-16-4-7-22-14)9-13-11(12)2-5-21-13;2*3-2(4,5)1(6)7/h4,7,11-13H,2-3,5-6,8-10H2,1H3,(H,17,19);2*(H,6,7)/t11-,12-,13+;;/m0../s1. The number of nitrogens with zero attached hydrogens (tertiary/aromatic N) is 2. The number of carbonyl (C=O) groups excluding carboxylic acids is 1. The van der Waals surface area contributed by atoms with Crippen LogP contribution in [0.5, 0.6) is 0 Å². The Morgan fingerprint density at radius 1 is 1.17 bits per heavy atom. The minimum Gasteiger partial charge on any atom is -0.475 e. The molecule has 1 aromatic rings. The molecule has 1 aromatic heterocycles. The summed E-state index contributed by atoms with van der Waals surface area (Å²) in [6.45, 7) is 4.35.